The zero-order valence-electron chi connectivity index (χ0n) is 16.7. The molecule has 0 saturated carbocycles. The van der Waals surface area contributed by atoms with Gasteiger partial charge in [-0.2, -0.15) is 5.10 Å². The molecule has 1 aliphatic rings. The smallest absolute Gasteiger partial charge is 0.230 e. The van der Waals surface area contributed by atoms with Crippen molar-refractivity contribution in [3.05, 3.63) is 90.6 Å². The Morgan fingerprint density at radius 3 is 2.71 bits per heavy atom. The molecule has 0 saturated heterocycles. The number of ether oxygens (including phenoxy) is 1. The number of hydrogen-bond acceptors (Lipinski definition) is 6. The van der Waals surface area contributed by atoms with Crippen molar-refractivity contribution in [2.75, 3.05) is 11.4 Å². The quantitative estimate of drug-likeness (QED) is 0.236. The van der Waals surface area contributed by atoms with E-state index in [9.17, 15) is 5.21 Å². The van der Waals surface area contributed by atoms with Crippen LogP contribution in [0.2, 0.25) is 0 Å². The summed E-state index contributed by atoms with van der Waals surface area (Å²) in [6.45, 7) is 0.747. The molecule has 3 heterocycles. The van der Waals surface area contributed by atoms with Crippen molar-refractivity contribution >= 4 is 11.5 Å². The van der Waals surface area contributed by atoms with Gasteiger partial charge in [-0.1, -0.05) is 23.4 Å². The highest BCUT2D eigenvalue weighted by Crippen LogP contribution is 2.31. The van der Waals surface area contributed by atoms with E-state index in [1.165, 1.54) is 11.9 Å². The summed E-state index contributed by atoms with van der Waals surface area (Å²) in [5.41, 5.74) is 3.74. The standard InChI is InChI=1S/C23H20N6O2/c30-27-22(28-14-4-6-17-5-1-2-8-21(17)28)20-7-3-13-25-23(20)31-19-11-9-18(10-12-19)29-16-24-15-26-29/h1-3,5,7-13,15-16,30H,4,6,14H2/b27-22-. The molecule has 154 valence electrons. The Kier molecular flexibility index (Phi) is 5.02. The number of fused-ring (bicyclic) bond motifs is 1. The molecule has 0 spiro atoms. The predicted octanol–water partition coefficient (Wildman–Crippen LogP) is 4.04. The number of aromatic nitrogens is 4. The van der Waals surface area contributed by atoms with Crippen LogP contribution in [0.25, 0.3) is 5.69 Å². The molecule has 2 aromatic carbocycles. The summed E-state index contributed by atoms with van der Waals surface area (Å²) in [4.78, 5) is 10.4. The van der Waals surface area contributed by atoms with E-state index in [1.807, 2.05) is 53.4 Å². The maximum Gasteiger partial charge on any atom is 0.230 e. The van der Waals surface area contributed by atoms with Crippen molar-refractivity contribution in [3.63, 3.8) is 0 Å². The van der Waals surface area contributed by atoms with Crippen LogP contribution in [0.4, 0.5) is 5.69 Å². The van der Waals surface area contributed by atoms with E-state index in [-0.39, 0.29) is 0 Å². The zero-order chi connectivity index (χ0) is 21.0. The van der Waals surface area contributed by atoms with Crippen LogP contribution in [0.15, 0.2) is 84.7 Å². The molecule has 0 radical (unpaired) electrons. The highest BCUT2D eigenvalue weighted by molar-refractivity contribution is 6.11. The molecule has 0 atom stereocenters. The third-order valence-electron chi connectivity index (χ3n) is 5.21. The molecule has 4 aromatic rings. The van der Waals surface area contributed by atoms with E-state index in [1.54, 1.807) is 23.3 Å². The fourth-order valence-electron chi connectivity index (χ4n) is 3.77. The van der Waals surface area contributed by atoms with Gasteiger partial charge in [0.05, 0.1) is 11.3 Å². The van der Waals surface area contributed by atoms with Crippen molar-refractivity contribution in [2.45, 2.75) is 12.8 Å². The second-order valence-electron chi connectivity index (χ2n) is 7.10. The fraction of sp³-hybridized carbons (Fsp3) is 0.130. The number of pyridine rings is 1. The maximum atomic E-state index is 9.94. The van der Waals surface area contributed by atoms with Gasteiger partial charge in [0.15, 0.2) is 5.84 Å². The molecular weight excluding hydrogens is 392 g/mol. The molecule has 0 amide bonds. The lowest BCUT2D eigenvalue weighted by atomic mass is 10.0. The SMILES string of the molecule is O/N=C(/c1cccnc1Oc1ccc(-n2cncn2)cc1)N1CCCc2ccccc21. The Balaban J connectivity index is 1.45. The average Bonchev–Trinajstić information content (AvgIpc) is 3.36. The monoisotopic (exact) mass is 412 g/mol. The van der Waals surface area contributed by atoms with Gasteiger partial charge >= 0.3 is 0 Å². The van der Waals surface area contributed by atoms with Gasteiger partial charge in [0.2, 0.25) is 5.88 Å². The van der Waals surface area contributed by atoms with Crippen LogP contribution >= 0.6 is 0 Å². The van der Waals surface area contributed by atoms with E-state index in [4.69, 9.17) is 4.74 Å². The summed E-state index contributed by atoms with van der Waals surface area (Å²) in [5, 5.41) is 17.7. The van der Waals surface area contributed by atoms with Crippen molar-refractivity contribution in [1.29, 1.82) is 0 Å². The Bertz CT molecular complexity index is 1200. The first-order valence-corrected chi connectivity index (χ1v) is 9.99. The number of hydrogen-bond donors (Lipinski definition) is 1. The van der Waals surface area contributed by atoms with E-state index >= 15 is 0 Å². The molecule has 8 heteroatoms. The summed E-state index contributed by atoms with van der Waals surface area (Å²) < 4.78 is 7.74. The van der Waals surface area contributed by atoms with Crippen LogP contribution in [-0.2, 0) is 6.42 Å². The molecule has 1 aliphatic heterocycles. The minimum absolute atomic E-state index is 0.367. The number of rotatable bonds is 4. The molecule has 1 N–H and O–H groups in total. The van der Waals surface area contributed by atoms with Crippen LogP contribution in [0.1, 0.15) is 17.5 Å². The van der Waals surface area contributed by atoms with Gasteiger partial charge in [-0.3, -0.25) is 0 Å². The molecule has 0 aliphatic carbocycles. The lowest BCUT2D eigenvalue weighted by molar-refractivity contribution is 0.317. The summed E-state index contributed by atoms with van der Waals surface area (Å²) >= 11 is 0. The zero-order valence-corrected chi connectivity index (χ0v) is 16.7. The van der Waals surface area contributed by atoms with Crippen LogP contribution in [0.5, 0.6) is 11.6 Å². The second-order valence-corrected chi connectivity index (χ2v) is 7.10. The van der Waals surface area contributed by atoms with Crippen molar-refractivity contribution < 1.29 is 9.94 Å². The maximum absolute atomic E-state index is 9.94. The Morgan fingerprint density at radius 2 is 1.90 bits per heavy atom. The van der Waals surface area contributed by atoms with Crippen LogP contribution in [0.3, 0.4) is 0 Å². The fourth-order valence-corrected chi connectivity index (χ4v) is 3.77. The van der Waals surface area contributed by atoms with Gasteiger partial charge in [-0.15, -0.1) is 0 Å². The molecular formula is C23H20N6O2. The van der Waals surface area contributed by atoms with Crippen LogP contribution in [0, 0.1) is 0 Å². The second kappa shape index (κ2) is 8.27. The van der Waals surface area contributed by atoms with E-state index in [0.29, 0.717) is 23.0 Å². The van der Waals surface area contributed by atoms with Crippen molar-refractivity contribution in [3.8, 4) is 17.3 Å². The predicted molar refractivity (Wildman–Crippen MR) is 116 cm³/mol. The van der Waals surface area contributed by atoms with E-state index in [0.717, 1.165) is 30.8 Å². The molecule has 8 nitrogen and oxygen atoms in total. The third kappa shape index (κ3) is 3.71. The average molecular weight is 412 g/mol. The van der Waals surface area contributed by atoms with Crippen molar-refractivity contribution in [2.24, 2.45) is 5.16 Å². The van der Waals surface area contributed by atoms with Gasteiger partial charge in [0.25, 0.3) is 0 Å². The summed E-state index contributed by atoms with van der Waals surface area (Å²) in [6, 6.07) is 19.2. The lowest BCUT2D eigenvalue weighted by Gasteiger charge is -2.31. The number of anilines is 1. The largest absolute Gasteiger partial charge is 0.438 e. The first kappa shape index (κ1) is 18.8. The van der Waals surface area contributed by atoms with E-state index < -0.39 is 0 Å². The summed E-state index contributed by atoms with van der Waals surface area (Å²) in [7, 11) is 0. The molecule has 2 aromatic heterocycles. The Labute approximate surface area is 179 Å². The number of nitrogens with zero attached hydrogens (tertiary/aromatic N) is 6. The normalized spacial score (nSPS) is 13.7. The minimum atomic E-state index is 0.367. The first-order valence-electron chi connectivity index (χ1n) is 9.99. The Hall–Kier alpha value is -4.20. The van der Waals surface area contributed by atoms with Crippen LogP contribution < -0.4 is 9.64 Å². The number of para-hydroxylation sites is 1. The number of oxime groups is 1. The first-order chi connectivity index (χ1) is 15.3. The number of aryl methyl sites for hydroxylation is 1. The Morgan fingerprint density at radius 1 is 1.03 bits per heavy atom. The van der Waals surface area contributed by atoms with Crippen LogP contribution in [-0.4, -0.2) is 37.3 Å². The van der Waals surface area contributed by atoms with Gasteiger partial charge in [-0.05, 0) is 60.9 Å². The molecule has 0 fully saturated rings. The van der Waals surface area contributed by atoms with Gasteiger partial charge in [0, 0.05) is 18.4 Å². The van der Waals surface area contributed by atoms with Gasteiger partial charge < -0.3 is 14.8 Å². The van der Waals surface area contributed by atoms with E-state index in [2.05, 4.69) is 26.3 Å². The molecule has 31 heavy (non-hydrogen) atoms. The highest BCUT2D eigenvalue weighted by Gasteiger charge is 2.25. The molecule has 5 rings (SSSR count). The molecule has 0 unspecified atom stereocenters. The lowest BCUT2D eigenvalue weighted by Crippen LogP contribution is -2.36. The number of amidine groups is 1. The van der Waals surface area contributed by atoms with Crippen molar-refractivity contribution in [1.82, 2.24) is 19.7 Å². The number of benzene rings is 2. The highest BCUT2D eigenvalue weighted by atomic mass is 16.5. The molecule has 0 bridgehead atoms. The summed E-state index contributed by atoms with van der Waals surface area (Å²) in [5.74, 6) is 1.39. The third-order valence-corrected chi connectivity index (χ3v) is 5.21. The minimum Gasteiger partial charge on any atom is -0.438 e. The van der Waals surface area contributed by atoms with Gasteiger partial charge in [-0.25, -0.2) is 14.6 Å². The summed E-state index contributed by atoms with van der Waals surface area (Å²) in [6.07, 6.45) is 6.74. The topological polar surface area (TPSA) is 88.7 Å². The van der Waals surface area contributed by atoms with Gasteiger partial charge in [0.1, 0.15) is 18.4 Å².